The number of hydrogen-bond donors (Lipinski definition) is 3. The summed E-state index contributed by atoms with van der Waals surface area (Å²) in [4.78, 5) is 45.8. The van der Waals surface area contributed by atoms with Crippen LogP contribution in [0.2, 0.25) is 5.02 Å². The van der Waals surface area contributed by atoms with Crippen LogP contribution in [0.3, 0.4) is 0 Å². The van der Waals surface area contributed by atoms with Gasteiger partial charge < -0.3 is 16.0 Å². The number of nitrogens with zero attached hydrogens (tertiary/aromatic N) is 4. The van der Waals surface area contributed by atoms with Crippen LogP contribution in [-0.2, 0) is 37.2 Å². The summed E-state index contributed by atoms with van der Waals surface area (Å²) >= 11 is 6.37. The average Bonchev–Trinajstić information content (AvgIpc) is 3.12. The highest BCUT2D eigenvalue weighted by Gasteiger charge is 2.54. The van der Waals surface area contributed by atoms with Gasteiger partial charge in [0.15, 0.2) is 5.82 Å². The molecular weight excluding hydrogens is 768 g/mol. The molecule has 286 valence electrons. The number of fused-ring (bicyclic) bond motifs is 6. The van der Waals surface area contributed by atoms with E-state index in [0.717, 1.165) is 28.2 Å². The number of pyridine rings is 1. The Kier molecular flexibility index (Phi) is 12.2. The van der Waals surface area contributed by atoms with Gasteiger partial charge in [-0.05, 0) is 79.1 Å². The van der Waals surface area contributed by atoms with Gasteiger partial charge in [0, 0.05) is 37.1 Å². The van der Waals surface area contributed by atoms with Crippen LogP contribution < -0.4 is 16.0 Å². The molecule has 4 aromatic rings. The minimum Gasteiger partial charge on any atom is -0.339 e. The van der Waals surface area contributed by atoms with Crippen LogP contribution >= 0.6 is 11.6 Å². The summed E-state index contributed by atoms with van der Waals surface area (Å²) in [6.45, 7) is 0.798. The third kappa shape index (κ3) is 10.3. The summed E-state index contributed by atoms with van der Waals surface area (Å²) in [7, 11) is -3.52. The number of piperidine rings is 1. The molecule has 6 bridgehead atoms. The van der Waals surface area contributed by atoms with E-state index in [-0.39, 0.29) is 11.8 Å². The second-order valence-corrected chi connectivity index (χ2v) is 14.5. The molecule has 1 amide bonds. The predicted molar refractivity (Wildman–Crippen MR) is 185 cm³/mol. The lowest BCUT2D eigenvalue weighted by Gasteiger charge is -2.31. The highest BCUT2D eigenvalue weighted by atomic mass is 35.5. The Labute approximate surface area is 309 Å². The van der Waals surface area contributed by atoms with Crippen molar-refractivity contribution in [3.8, 4) is 0 Å². The van der Waals surface area contributed by atoms with Gasteiger partial charge >= 0.3 is 23.9 Å². The molecule has 0 spiro atoms. The van der Waals surface area contributed by atoms with Gasteiger partial charge in [-0.25, -0.2) is 13.4 Å². The SMILES string of the molecule is O=C(C(=O)C(F)(F)F)C(F)(F)F.O=C(CC1CCN(S(=O)(=O)c2ccccc2)CC1)Nc1ccc2cc1CCc1cncc(c1)Nc1ncc(Cl)c(n1)N2. The molecule has 0 atom stereocenters. The first-order valence-electron chi connectivity index (χ1n) is 16.1. The van der Waals surface area contributed by atoms with Crippen LogP contribution in [0.25, 0.3) is 0 Å². The number of aryl methyl sites for hydroxylation is 2. The molecule has 2 aliphatic rings. The molecule has 0 saturated carbocycles. The number of anilines is 5. The van der Waals surface area contributed by atoms with Gasteiger partial charge in [-0.2, -0.15) is 35.6 Å². The Morgan fingerprint density at radius 1 is 0.852 bits per heavy atom. The molecule has 1 saturated heterocycles. The van der Waals surface area contributed by atoms with Crippen molar-refractivity contribution in [2.75, 3.05) is 29.0 Å². The van der Waals surface area contributed by atoms with Gasteiger partial charge in [0.2, 0.25) is 21.9 Å². The number of nitrogens with one attached hydrogen (secondary N) is 3. The van der Waals surface area contributed by atoms with E-state index in [2.05, 4.69) is 30.9 Å². The Bertz CT molecular complexity index is 2110. The zero-order chi connectivity index (χ0) is 39.3. The molecule has 3 N–H and O–H groups in total. The lowest BCUT2D eigenvalue weighted by Crippen LogP contribution is -2.39. The van der Waals surface area contributed by atoms with Crippen molar-refractivity contribution < 1.29 is 49.1 Å². The lowest BCUT2D eigenvalue weighted by molar-refractivity contribution is -0.193. The molecule has 0 unspecified atom stereocenters. The summed E-state index contributed by atoms with van der Waals surface area (Å²) < 4.78 is 94.4. The van der Waals surface area contributed by atoms with Crippen LogP contribution in [-0.4, -0.2) is 70.6 Å². The van der Waals surface area contributed by atoms with Crippen molar-refractivity contribution >= 4 is 67.9 Å². The monoisotopic (exact) mass is 797 g/mol. The molecule has 6 rings (SSSR count). The Morgan fingerprint density at radius 2 is 1.52 bits per heavy atom. The lowest BCUT2D eigenvalue weighted by atomic mass is 9.94. The van der Waals surface area contributed by atoms with Crippen molar-refractivity contribution in [1.29, 1.82) is 0 Å². The van der Waals surface area contributed by atoms with Crippen molar-refractivity contribution in [2.45, 2.75) is 49.4 Å². The second-order valence-electron chi connectivity index (χ2n) is 12.2. The largest absolute Gasteiger partial charge is 0.458 e. The van der Waals surface area contributed by atoms with Gasteiger partial charge in [-0.15, -0.1) is 0 Å². The number of rotatable bonds is 6. The molecule has 2 aliphatic heterocycles. The van der Waals surface area contributed by atoms with E-state index in [4.69, 9.17) is 11.6 Å². The van der Waals surface area contributed by atoms with Gasteiger partial charge in [-0.1, -0.05) is 29.8 Å². The molecule has 0 radical (unpaired) electrons. The van der Waals surface area contributed by atoms with Crippen LogP contribution in [0.15, 0.2) is 78.1 Å². The van der Waals surface area contributed by atoms with E-state index in [1.807, 2.05) is 30.5 Å². The van der Waals surface area contributed by atoms with Crippen LogP contribution in [0.5, 0.6) is 0 Å². The molecule has 12 nitrogen and oxygen atoms in total. The Balaban J connectivity index is 0.000000404. The van der Waals surface area contributed by atoms with E-state index in [1.54, 1.807) is 36.5 Å². The first kappa shape index (κ1) is 40.1. The molecule has 2 aromatic heterocycles. The summed E-state index contributed by atoms with van der Waals surface area (Å²) in [6.07, 6.45) is -3.50. The highest BCUT2D eigenvalue weighted by Crippen LogP contribution is 2.31. The summed E-state index contributed by atoms with van der Waals surface area (Å²) in [5.74, 6) is -5.94. The molecule has 1 fully saturated rings. The number of aromatic nitrogens is 3. The third-order valence-electron chi connectivity index (χ3n) is 8.27. The maximum Gasteiger partial charge on any atom is 0.458 e. The van der Waals surface area contributed by atoms with Crippen LogP contribution in [0.4, 0.5) is 55.2 Å². The number of ketones is 2. The number of benzene rings is 2. The quantitative estimate of drug-likeness (QED) is 0.140. The van der Waals surface area contributed by atoms with Crippen molar-refractivity contribution in [1.82, 2.24) is 19.3 Å². The molecule has 54 heavy (non-hydrogen) atoms. The predicted octanol–water partition coefficient (Wildman–Crippen LogP) is 6.79. The maximum atomic E-state index is 13.2. The van der Waals surface area contributed by atoms with Gasteiger partial charge in [0.1, 0.15) is 5.02 Å². The third-order valence-corrected chi connectivity index (χ3v) is 10.5. The minimum absolute atomic E-state index is 0.0874. The average molecular weight is 798 g/mol. The zero-order valence-corrected chi connectivity index (χ0v) is 29.4. The zero-order valence-electron chi connectivity index (χ0n) is 27.8. The Hall–Kier alpha value is -5.14. The van der Waals surface area contributed by atoms with E-state index in [9.17, 15) is 49.1 Å². The molecule has 20 heteroatoms. The fourth-order valence-electron chi connectivity index (χ4n) is 5.57. The first-order chi connectivity index (χ1) is 25.4. The summed E-state index contributed by atoms with van der Waals surface area (Å²) in [5, 5.41) is 9.93. The highest BCUT2D eigenvalue weighted by molar-refractivity contribution is 7.89. The molecule has 0 aliphatic carbocycles. The molecule has 2 aromatic carbocycles. The number of alkyl halides is 6. The summed E-state index contributed by atoms with van der Waals surface area (Å²) in [5.41, 5.74) is 4.27. The second kappa shape index (κ2) is 16.5. The van der Waals surface area contributed by atoms with Gasteiger partial charge in [-0.3, -0.25) is 19.4 Å². The van der Waals surface area contributed by atoms with Crippen LogP contribution in [0.1, 0.15) is 30.4 Å². The van der Waals surface area contributed by atoms with Crippen molar-refractivity contribution in [3.05, 3.63) is 89.3 Å². The van der Waals surface area contributed by atoms with E-state index < -0.39 is 33.9 Å². The van der Waals surface area contributed by atoms with Crippen molar-refractivity contribution in [2.24, 2.45) is 5.92 Å². The number of halogens is 7. The Morgan fingerprint density at radius 3 is 2.17 bits per heavy atom. The van der Waals surface area contributed by atoms with Gasteiger partial charge in [0.05, 0.1) is 23.0 Å². The normalized spacial score (nSPS) is 15.1. The van der Waals surface area contributed by atoms with Gasteiger partial charge in [0.25, 0.3) is 0 Å². The van der Waals surface area contributed by atoms with Crippen molar-refractivity contribution in [3.63, 3.8) is 0 Å². The fourth-order valence-corrected chi connectivity index (χ4v) is 7.20. The number of sulfonamides is 1. The summed E-state index contributed by atoms with van der Waals surface area (Å²) in [6, 6.07) is 16.2. The van der Waals surface area contributed by atoms with E-state index in [0.29, 0.717) is 66.9 Å². The standard InChI is InChI=1S/C30H30ClN7O3S.C4F6O2/c31-26-19-33-30-35-24-14-21(17-32-18-24)6-7-22-16-23(34-29(26)37-30)8-9-27(22)36-28(39)15-20-10-12-38(13-11-20)42(40,41)25-4-2-1-3-5-25;5-3(6,7)1(11)2(12)4(8,9)10/h1-5,8-9,14,16-20H,6-7,10-13,15H2,(H,36,39)(H2,33,34,35,37);. The number of carbonyl (C=O) groups excluding carboxylic acids is 3. The smallest absolute Gasteiger partial charge is 0.339 e. The number of carbonyl (C=O) groups is 3. The first-order valence-corrected chi connectivity index (χ1v) is 17.9. The van der Waals surface area contributed by atoms with E-state index >= 15 is 0 Å². The topological polar surface area (TPSA) is 163 Å². The fraction of sp³-hybridized carbons (Fsp3) is 0.294. The van der Waals surface area contributed by atoms with Crippen LogP contribution in [0, 0.1) is 5.92 Å². The molecular formula is C34H30ClF6N7O5S. The number of hydrogen-bond acceptors (Lipinski definition) is 10. The molecule has 4 heterocycles. The van der Waals surface area contributed by atoms with E-state index in [1.165, 1.54) is 10.5 Å². The maximum absolute atomic E-state index is 13.2. The minimum atomic E-state index is -5.77. The number of amides is 1. The number of Topliss-reactive ketones (excluding diaryl/α,β-unsaturated/α-hetero) is 2.